The predicted octanol–water partition coefficient (Wildman–Crippen LogP) is 5.66. The summed E-state index contributed by atoms with van der Waals surface area (Å²) in [7, 11) is 3.60. The lowest BCUT2D eigenvalue weighted by Gasteiger charge is -2.32. The van der Waals surface area contributed by atoms with E-state index in [9.17, 15) is 0 Å². The van der Waals surface area contributed by atoms with Crippen molar-refractivity contribution < 1.29 is 9.47 Å². The molecule has 1 saturated heterocycles. The van der Waals surface area contributed by atoms with Gasteiger partial charge in [-0.3, -0.25) is 4.98 Å². The summed E-state index contributed by atoms with van der Waals surface area (Å²) in [5.41, 5.74) is 5.81. The van der Waals surface area contributed by atoms with Gasteiger partial charge >= 0.3 is 0 Å². The van der Waals surface area contributed by atoms with Gasteiger partial charge in [0.2, 0.25) is 5.88 Å². The number of fused-ring (bicyclic) bond motifs is 3. The summed E-state index contributed by atoms with van der Waals surface area (Å²) in [6.45, 7) is 1.52. The molecule has 1 aliphatic heterocycles. The van der Waals surface area contributed by atoms with E-state index in [1.165, 1.54) is 5.56 Å². The lowest BCUT2D eigenvalue weighted by Crippen LogP contribution is -2.27. The van der Waals surface area contributed by atoms with Gasteiger partial charge < -0.3 is 18.6 Å². The largest absolute Gasteiger partial charge is 0.479 e. The van der Waals surface area contributed by atoms with Crippen molar-refractivity contribution in [3.8, 4) is 17.1 Å². The SMILES string of the molecule is COc1ncn(C)c1-c1cnc2c3ccc(Cl)nc3n([C@H](c3ccccc3)C3CCOCC3)c2c1. The topological polar surface area (TPSA) is 67.0 Å². The first-order valence-electron chi connectivity index (χ1n) is 11.8. The Morgan fingerprint density at radius 1 is 1.09 bits per heavy atom. The Kier molecular flexibility index (Phi) is 5.66. The number of nitrogens with zero attached hydrogens (tertiary/aromatic N) is 5. The second-order valence-electron chi connectivity index (χ2n) is 8.99. The summed E-state index contributed by atoms with van der Waals surface area (Å²) in [6.07, 6.45) is 5.59. The molecule has 35 heavy (non-hydrogen) atoms. The molecule has 178 valence electrons. The number of aromatic nitrogens is 5. The van der Waals surface area contributed by atoms with Gasteiger partial charge in [-0.2, -0.15) is 0 Å². The minimum absolute atomic E-state index is 0.0662. The van der Waals surface area contributed by atoms with Gasteiger partial charge in [0.05, 0.1) is 30.5 Å². The Morgan fingerprint density at radius 2 is 1.89 bits per heavy atom. The average Bonchev–Trinajstić information content (AvgIpc) is 3.42. The van der Waals surface area contributed by atoms with Crippen LogP contribution in [0.5, 0.6) is 5.88 Å². The zero-order valence-electron chi connectivity index (χ0n) is 19.7. The normalized spacial score (nSPS) is 15.6. The summed E-state index contributed by atoms with van der Waals surface area (Å²) in [5.74, 6) is 0.960. The van der Waals surface area contributed by atoms with E-state index in [-0.39, 0.29) is 6.04 Å². The second kappa shape index (κ2) is 8.98. The molecule has 0 radical (unpaired) electrons. The number of aryl methyl sites for hydroxylation is 1. The van der Waals surface area contributed by atoms with Crippen molar-refractivity contribution in [2.75, 3.05) is 20.3 Å². The van der Waals surface area contributed by atoms with Crippen LogP contribution in [0.15, 0.2) is 61.1 Å². The number of hydrogen-bond donors (Lipinski definition) is 0. The van der Waals surface area contributed by atoms with Crippen LogP contribution in [0.1, 0.15) is 24.4 Å². The summed E-state index contributed by atoms with van der Waals surface area (Å²) in [4.78, 5) is 14.1. The van der Waals surface area contributed by atoms with E-state index >= 15 is 0 Å². The van der Waals surface area contributed by atoms with E-state index in [0.29, 0.717) is 17.0 Å². The Hall–Kier alpha value is -3.42. The standard InChI is InChI=1S/C27H26ClN5O2/c1-32-16-30-27(34-2)25(32)19-14-21-23(29-15-19)20-8-9-22(28)31-26(20)33(21)24(17-6-4-3-5-7-17)18-10-12-35-13-11-18/h3-9,14-16,18,24H,10-13H2,1-2H3/t24-/m1/s1. The molecular formula is C27H26ClN5O2. The molecule has 7 nitrogen and oxygen atoms in total. The van der Waals surface area contributed by atoms with Gasteiger partial charge in [0.1, 0.15) is 16.5 Å². The number of rotatable bonds is 5. The summed E-state index contributed by atoms with van der Waals surface area (Å²) in [6, 6.07) is 16.7. The van der Waals surface area contributed by atoms with Crippen LogP contribution in [0.4, 0.5) is 0 Å². The fourth-order valence-electron chi connectivity index (χ4n) is 5.36. The van der Waals surface area contributed by atoms with Gasteiger partial charge in [0, 0.05) is 37.4 Å². The van der Waals surface area contributed by atoms with E-state index in [1.54, 1.807) is 13.4 Å². The highest BCUT2D eigenvalue weighted by atomic mass is 35.5. The van der Waals surface area contributed by atoms with Gasteiger partial charge in [-0.1, -0.05) is 41.9 Å². The number of benzene rings is 1. The molecule has 8 heteroatoms. The third kappa shape index (κ3) is 3.75. The van der Waals surface area contributed by atoms with Crippen LogP contribution in [0.25, 0.3) is 33.3 Å². The number of imidazole rings is 1. The minimum atomic E-state index is 0.0662. The second-order valence-corrected chi connectivity index (χ2v) is 9.37. The summed E-state index contributed by atoms with van der Waals surface area (Å²) in [5, 5.41) is 1.45. The van der Waals surface area contributed by atoms with Crippen molar-refractivity contribution in [1.29, 1.82) is 0 Å². The molecule has 1 aromatic carbocycles. The Bertz CT molecular complexity index is 1500. The van der Waals surface area contributed by atoms with Gasteiger partial charge in [-0.05, 0) is 42.5 Å². The molecule has 0 amide bonds. The van der Waals surface area contributed by atoms with Gasteiger partial charge in [-0.15, -0.1) is 0 Å². The maximum Gasteiger partial charge on any atom is 0.239 e. The predicted molar refractivity (Wildman–Crippen MR) is 137 cm³/mol. The van der Waals surface area contributed by atoms with Gasteiger partial charge in [-0.25, -0.2) is 9.97 Å². The molecule has 4 aromatic heterocycles. The van der Waals surface area contributed by atoms with Crippen molar-refractivity contribution in [1.82, 2.24) is 24.1 Å². The Labute approximate surface area is 208 Å². The van der Waals surface area contributed by atoms with Crippen LogP contribution < -0.4 is 4.74 Å². The highest BCUT2D eigenvalue weighted by Crippen LogP contribution is 2.41. The Morgan fingerprint density at radius 3 is 2.66 bits per heavy atom. The number of halogens is 1. The van der Waals surface area contributed by atoms with Crippen LogP contribution >= 0.6 is 11.6 Å². The van der Waals surface area contributed by atoms with Gasteiger partial charge in [0.25, 0.3) is 0 Å². The summed E-state index contributed by atoms with van der Waals surface area (Å²) < 4.78 is 15.6. The monoisotopic (exact) mass is 487 g/mol. The van der Waals surface area contributed by atoms with E-state index in [2.05, 4.69) is 45.9 Å². The zero-order chi connectivity index (χ0) is 23.9. The number of methoxy groups -OCH3 is 1. The molecular weight excluding hydrogens is 462 g/mol. The number of ether oxygens (including phenoxy) is 2. The third-order valence-corrected chi connectivity index (χ3v) is 7.16. The lowest BCUT2D eigenvalue weighted by atomic mass is 9.86. The molecule has 5 aromatic rings. The highest BCUT2D eigenvalue weighted by molar-refractivity contribution is 6.30. The molecule has 1 aliphatic rings. The van der Waals surface area contributed by atoms with E-state index in [0.717, 1.165) is 59.4 Å². The van der Waals surface area contributed by atoms with Crippen molar-refractivity contribution in [3.05, 3.63) is 71.8 Å². The number of pyridine rings is 2. The first-order chi connectivity index (χ1) is 17.2. The van der Waals surface area contributed by atoms with Crippen molar-refractivity contribution in [2.24, 2.45) is 13.0 Å². The molecule has 0 aliphatic carbocycles. The molecule has 0 N–H and O–H groups in total. The van der Waals surface area contributed by atoms with Crippen molar-refractivity contribution in [2.45, 2.75) is 18.9 Å². The molecule has 1 fully saturated rings. The molecule has 6 rings (SSSR count). The van der Waals surface area contributed by atoms with E-state index < -0.39 is 0 Å². The smallest absolute Gasteiger partial charge is 0.239 e. The van der Waals surface area contributed by atoms with Crippen molar-refractivity contribution in [3.63, 3.8) is 0 Å². The first-order valence-corrected chi connectivity index (χ1v) is 12.2. The highest BCUT2D eigenvalue weighted by Gasteiger charge is 2.31. The molecule has 0 saturated carbocycles. The van der Waals surface area contributed by atoms with Crippen LogP contribution in [0.3, 0.4) is 0 Å². The summed E-state index contributed by atoms with van der Waals surface area (Å²) >= 11 is 6.43. The fraction of sp³-hybridized carbons (Fsp3) is 0.296. The average molecular weight is 488 g/mol. The lowest BCUT2D eigenvalue weighted by molar-refractivity contribution is 0.0552. The first kappa shape index (κ1) is 22.1. The zero-order valence-corrected chi connectivity index (χ0v) is 20.4. The van der Waals surface area contributed by atoms with Crippen molar-refractivity contribution >= 4 is 33.7 Å². The molecule has 1 atom stereocenters. The fourth-order valence-corrected chi connectivity index (χ4v) is 5.51. The van der Waals surface area contributed by atoms with Crippen LogP contribution in [-0.2, 0) is 11.8 Å². The van der Waals surface area contributed by atoms with E-state index in [4.69, 9.17) is 31.0 Å². The minimum Gasteiger partial charge on any atom is -0.479 e. The van der Waals surface area contributed by atoms with Gasteiger partial charge in [0.15, 0.2) is 0 Å². The Balaban J connectivity index is 1.67. The molecule has 5 heterocycles. The quantitative estimate of drug-likeness (QED) is 0.299. The molecule has 0 bridgehead atoms. The van der Waals surface area contributed by atoms with E-state index in [1.807, 2.05) is 29.9 Å². The molecule has 0 spiro atoms. The maximum absolute atomic E-state index is 6.43. The van der Waals surface area contributed by atoms with Crippen LogP contribution in [0, 0.1) is 5.92 Å². The number of hydrogen-bond acceptors (Lipinski definition) is 5. The van der Waals surface area contributed by atoms with Crippen LogP contribution in [0.2, 0.25) is 5.15 Å². The maximum atomic E-state index is 6.43. The third-order valence-electron chi connectivity index (χ3n) is 6.95. The van der Waals surface area contributed by atoms with Crippen LogP contribution in [-0.4, -0.2) is 44.4 Å². The molecule has 0 unspecified atom stereocenters.